The molecule has 1 aliphatic heterocycles. The van der Waals surface area contributed by atoms with Crippen molar-refractivity contribution < 1.29 is 42.7 Å². The van der Waals surface area contributed by atoms with Crippen LogP contribution in [0, 0.1) is 18.3 Å². The summed E-state index contributed by atoms with van der Waals surface area (Å²) in [6, 6.07) is -1.00. The fourth-order valence-electron chi connectivity index (χ4n) is 5.18. The van der Waals surface area contributed by atoms with Crippen molar-refractivity contribution in [2.24, 2.45) is 5.92 Å². The molecule has 1 N–H and O–H groups in total. The first-order valence-corrected chi connectivity index (χ1v) is 15.2. The second-order valence-electron chi connectivity index (χ2n) is 11.6. The lowest BCUT2D eigenvalue weighted by Crippen LogP contribution is -2.64. The van der Waals surface area contributed by atoms with Crippen LogP contribution < -0.4 is 5.32 Å². The number of hydrogen-bond acceptors (Lipinski definition) is 9. The summed E-state index contributed by atoms with van der Waals surface area (Å²) in [5, 5.41) is 3.21. The average molecular weight is 613 g/mol. The van der Waals surface area contributed by atoms with Gasteiger partial charge in [-0.3, -0.25) is 9.69 Å². The molecule has 0 saturated carbocycles. The van der Waals surface area contributed by atoms with Crippen LogP contribution in [0.3, 0.4) is 0 Å². The Hall–Kier alpha value is -2.20. The van der Waals surface area contributed by atoms with Crippen LogP contribution in [0.4, 0.5) is 4.79 Å². The highest BCUT2D eigenvalue weighted by molar-refractivity contribution is 5.77. The number of carbonyl (C=O) groups excluding carboxylic acids is 2. The van der Waals surface area contributed by atoms with Gasteiger partial charge < -0.3 is 38.5 Å². The van der Waals surface area contributed by atoms with E-state index in [0.29, 0.717) is 52.5 Å². The molecule has 0 aliphatic carbocycles. The number of carbonyl (C=O) groups is 2. The van der Waals surface area contributed by atoms with Gasteiger partial charge in [0.05, 0.1) is 63.9 Å². The molecule has 0 aromatic rings. The SMILES string of the molecule is C#CCOCCOCCOCCOCCC(=O)N[C@H]([C@H]1[C@H](/C=C\C)CC(OC)N1C(=O)OC(C)(C)C)C(C)(CCC)OC. The first kappa shape index (κ1) is 38.8. The van der Waals surface area contributed by atoms with Crippen LogP contribution in [0.5, 0.6) is 0 Å². The number of hydrogen-bond donors (Lipinski definition) is 1. The maximum absolute atomic E-state index is 13.6. The third-order valence-corrected chi connectivity index (χ3v) is 7.16. The third-order valence-electron chi connectivity index (χ3n) is 7.16. The van der Waals surface area contributed by atoms with Crippen LogP contribution in [0.2, 0.25) is 0 Å². The van der Waals surface area contributed by atoms with Crippen molar-refractivity contribution in [3.8, 4) is 12.3 Å². The summed E-state index contributed by atoms with van der Waals surface area (Å²) < 4.78 is 39.3. The summed E-state index contributed by atoms with van der Waals surface area (Å²) >= 11 is 0. The van der Waals surface area contributed by atoms with Crippen molar-refractivity contribution in [3.63, 3.8) is 0 Å². The zero-order valence-corrected chi connectivity index (χ0v) is 27.6. The Kier molecular flexibility index (Phi) is 18.7. The van der Waals surface area contributed by atoms with Gasteiger partial charge in [0.15, 0.2) is 0 Å². The zero-order chi connectivity index (χ0) is 32.3. The van der Waals surface area contributed by atoms with E-state index in [2.05, 4.69) is 24.2 Å². The van der Waals surface area contributed by atoms with E-state index >= 15 is 0 Å². The molecule has 43 heavy (non-hydrogen) atoms. The summed E-state index contributed by atoms with van der Waals surface area (Å²) in [5.41, 5.74) is -1.46. The van der Waals surface area contributed by atoms with E-state index < -0.39 is 35.6 Å². The molecule has 1 aliphatic rings. The first-order chi connectivity index (χ1) is 20.5. The van der Waals surface area contributed by atoms with E-state index in [0.717, 1.165) is 6.42 Å². The lowest BCUT2D eigenvalue weighted by atomic mass is 9.80. The minimum Gasteiger partial charge on any atom is -0.444 e. The molecule has 1 saturated heterocycles. The van der Waals surface area contributed by atoms with Crippen molar-refractivity contribution in [1.82, 2.24) is 10.2 Å². The van der Waals surface area contributed by atoms with Gasteiger partial charge in [0.1, 0.15) is 18.4 Å². The molecular weight excluding hydrogens is 556 g/mol. The molecule has 11 nitrogen and oxygen atoms in total. The predicted molar refractivity (Wildman–Crippen MR) is 165 cm³/mol. The normalized spacial score (nSPS) is 21.0. The molecule has 2 unspecified atom stereocenters. The molecule has 1 heterocycles. The molecule has 0 aromatic carbocycles. The minimum atomic E-state index is -0.762. The van der Waals surface area contributed by atoms with Crippen LogP contribution >= 0.6 is 0 Å². The highest BCUT2D eigenvalue weighted by Crippen LogP contribution is 2.39. The minimum absolute atomic E-state index is 0.0908. The van der Waals surface area contributed by atoms with Crippen LogP contribution in [0.15, 0.2) is 12.2 Å². The summed E-state index contributed by atoms with van der Waals surface area (Å²) in [5.74, 6) is 2.11. The Morgan fingerprint density at radius 1 is 1.00 bits per heavy atom. The number of nitrogens with zero attached hydrogens (tertiary/aromatic N) is 1. The quantitative estimate of drug-likeness (QED) is 0.117. The van der Waals surface area contributed by atoms with E-state index in [1.807, 2.05) is 40.7 Å². The van der Waals surface area contributed by atoms with Crippen LogP contribution in [0.1, 0.15) is 67.2 Å². The fraction of sp³-hybridized carbons (Fsp3) is 0.812. The summed E-state index contributed by atoms with van der Waals surface area (Å²) in [4.78, 5) is 28.5. The Morgan fingerprint density at radius 3 is 2.07 bits per heavy atom. The molecule has 5 atom stereocenters. The van der Waals surface area contributed by atoms with E-state index in [1.54, 1.807) is 19.1 Å². The van der Waals surface area contributed by atoms with Crippen LogP contribution in [-0.4, -0.2) is 113 Å². The topological polar surface area (TPSA) is 114 Å². The van der Waals surface area contributed by atoms with Crippen molar-refractivity contribution in [3.05, 3.63) is 12.2 Å². The maximum Gasteiger partial charge on any atom is 0.412 e. The van der Waals surface area contributed by atoms with Gasteiger partial charge in [-0.05, 0) is 41.0 Å². The van der Waals surface area contributed by atoms with Gasteiger partial charge in [-0.2, -0.15) is 0 Å². The molecule has 0 bridgehead atoms. The van der Waals surface area contributed by atoms with Gasteiger partial charge >= 0.3 is 6.09 Å². The molecule has 11 heteroatoms. The van der Waals surface area contributed by atoms with Gasteiger partial charge in [-0.1, -0.05) is 31.4 Å². The molecule has 1 rings (SSSR count). The average Bonchev–Trinajstić information content (AvgIpc) is 3.31. The van der Waals surface area contributed by atoms with Crippen LogP contribution in [0.25, 0.3) is 0 Å². The zero-order valence-electron chi connectivity index (χ0n) is 27.6. The Balaban J connectivity index is 2.86. The monoisotopic (exact) mass is 612 g/mol. The highest BCUT2D eigenvalue weighted by Gasteiger charge is 2.53. The van der Waals surface area contributed by atoms with Gasteiger partial charge in [0.2, 0.25) is 5.91 Å². The highest BCUT2D eigenvalue weighted by atomic mass is 16.6. The second-order valence-corrected chi connectivity index (χ2v) is 11.6. The van der Waals surface area contributed by atoms with Crippen molar-refractivity contribution in [1.29, 1.82) is 0 Å². The largest absolute Gasteiger partial charge is 0.444 e. The van der Waals surface area contributed by atoms with Gasteiger partial charge in [-0.25, -0.2) is 4.79 Å². The number of nitrogens with one attached hydrogen (secondary N) is 1. The van der Waals surface area contributed by atoms with E-state index in [4.69, 9.17) is 39.6 Å². The van der Waals surface area contributed by atoms with Crippen molar-refractivity contribution >= 4 is 12.0 Å². The van der Waals surface area contributed by atoms with E-state index in [1.165, 1.54) is 0 Å². The van der Waals surface area contributed by atoms with E-state index in [9.17, 15) is 9.59 Å². The Morgan fingerprint density at radius 2 is 1.58 bits per heavy atom. The molecule has 0 aromatic heterocycles. The summed E-state index contributed by atoms with van der Waals surface area (Å²) in [6.07, 6.45) is 10.3. The second kappa shape index (κ2) is 20.7. The number of likely N-dealkylation sites (tertiary alicyclic amines) is 1. The Bertz CT molecular complexity index is 870. The molecule has 0 spiro atoms. The lowest BCUT2D eigenvalue weighted by molar-refractivity contribution is -0.129. The number of terminal acetylenes is 1. The molecule has 0 radical (unpaired) electrons. The number of amides is 2. The molecule has 1 fully saturated rings. The predicted octanol–water partition coefficient (Wildman–Crippen LogP) is 3.94. The van der Waals surface area contributed by atoms with Crippen molar-refractivity contribution in [2.75, 3.05) is 67.1 Å². The molecule has 248 valence electrons. The van der Waals surface area contributed by atoms with Crippen LogP contribution in [-0.2, 0) is 38.0 Å². The number of methoxy groups -OCH3 is 2. The lowest BCUT2D eigenvalue weighted by Gasteiger charge is -2.45. The number of allylic oxidation sites excluding steroid dienone is 1. The summed E-state index contributed by atoms with van der Waals surface area (Å²) in [7, 11) is 3.22. The number of rotatable bonds is 21. The van der Waals surface area contributed by atoms with Crippen molar-refractivity contribution in [2.45, 2.75) is 96.7 Å². The van der Waals surface area contributed by atoms with E-state index in [-0.39, 0.29) is 31.5 Å². The number of ether oxygens (including phenoxy) is 7. The van der Waals surface area contributed by atoms with Gasteiger partial charge in [0.25, 0.3) is 0 Å². The van der Waals surface area contributed by atoms with Gasteiger partial charge in [0, 0.05) is 33.0 Å². The standard InChI is InChI=1S/C32H56N2O9/c1-10-13-25-24-27(37-8)34(30(36)43-31(4,5)6)28(25)29(32(7,38-9)15-11-2)33-26(35)14-17-40-19-21-42-23-22-41-20-18-39-16-12-3/h3,10,13,25,27-29H,11,14-24H2,1-2,4-9H3,(H,33,35)/b13-10-/t25-,27?,28-,29-,32?/m1/s1. The Labute approximate surface area is 259 Å². The smallest absolute Gasteiger partial charge is 0.412 e. The maximum atomic E-state index is 13.6. The first-order valence-electron chi connectivity index (χ1n) is 15.2. The van der Waals surface area contributed by atoms with Gasteiger partial charge in [-0.15, -0.1) is 6.42 Å². The molecule has 2 amide bonds. The fourth-order valence-corrected chi connectivity index (χ4v) is 5.18. The third kappa shape index (κ3) is 14.0. The summed E-state index contributed by atoms with van der Waals surface area (Å²) in [6.45, 7) is 14.5. The molecular formula is C32H56N2O9.